The number of nitrogens with zero attached hydrogens (tertiary/aromatic N) is 1. The molecule has 0 heterocycles. The monoisotopic (exact) mass is 89.0 g/mol. The zero-order valence-corrected chi connectivity index (χ0v) is 3.05. The first-order chi connectivity index (χ1) is 2.27. The first-order valence-electron chi connectivity index (χ1n) is 0.867. The maximum atomic E-state index is 10.8. The lowest BCUT2D eigenvalue weighted by Crippen LogP contribution is -1.66. The van der Waals surface area contributed by atoms with Crippen molar-refractivity contribution < 1.29 is 4.39 Å². The summed E-state index contributed by atoms with van der Waals surface area (Å²) in [6.07, 6.45) is 0. The molecular formula is C2FNS. The van der Waals surface area contributed by atoms with E-state index in [2.05, 4.69) is 12.2 Å². The zero-order valence-electron chi connectivity index (χ0n) is 2.23. The van der Waals surface area contributed by atoms with Gasteiger partial charge in [0.15, 0.2) is 0 Å². The molecule has 0 saturated carbocycles. The molecular weight excluding hydrogens is 89.1 g/mol. The van der Waals surface area contributed by atoms with Gasteiger partial charge in [-0.2, -0.15) is 9.65 Å². The van der Waals surface area contributed by atoms with Crippen molar-refractivity contribution in [2.45, 2.75) is 0 Å². The van der Waals surface area contributed by atoms with Crippen LogP contribution in [0.3, 0.4) is 0 Å². The minimum atomic E-state index is -1.11. The zero-order chi connectivity index (χ0) is 4.28. The van der Waals surface area contributed by atoms with Crippen molar-refractivity contribution in [1.29, 1.82) is 5.26 Å². The summed E-state index contributed by atoms with van der Waals surface area (Å²) < 4.78 is 10.8. The van der Waals surface area contributed by atoms with Gasteiger partial charge in [-0.3, -0.25) is 0 Å². The van der Waals surface area contributed by atoms with E-state index in [1.807, 2.05) is 0 Å². The smallest absolute Gasteiger partial charge is 0.189 e. The third kappa shape index (κ3) is 3.51. The van der Waals surface area contributed by atoms with E-state index in [1.165, 1.54) is 0 Å². The van der Waals surface area contributed by atoms with Crippen LogP contribution in [0.2, 0.25) is 0 Å². The maximum Gasteiger partial charge on any atom is 0.263 e. The summed E-state index contributed by atoms with van der Waals surface area (Å²) in [4.78, 5) is 0. The Morgan fingerprint density at radius 2 is 2.20 bits per heavy atom. The van der Waals surface area contributed by atoms with Crippen molar-refractivity contribution in [2.75, 3.05) is 0 Å². The van der Waals surface area contributed by atoms with Crippen molar-refractivity contribution in [3.05, 3.63) is 0 Å². The van der Waals surface area contributed by atoms with Crippen molar-refractivity contribution in [3.8, 4) is 6.07 Å². The average Bonchev–Trinajstić information content (AvgIpc) is 1.38. The normalized spacial score (nSPS) is 5.60. The third-order valence-corrected chi connectivity index (χ3v) is 0.179. The molecule has 0 aromatic heterocycles. The van der Waals surface area contributed by atoms with Gasteiger partial charge in [0.1, 0.15) is 6.07 Å². The largest absolute Gasteiger partial charge is 0.263 e. The lowest BCUT2D eigenvalue weighted by Gasteiger charge is -1.52. The quantitative estimate of drug-likeness (QED) is 0.324. The summed E-state index contributed by atoms with van der Waals surface area (Å²) in [5.41, 5.74) is 0. The summed E-state index contributed by atoms with van der Waals surface area (Å²) in [5.74, 6) is 0. The molecule has 5 heavy (non-hydrogen) atoms. The summed E-state index contributed by atoms with van der Waals surface area (Å²) in [6, 6.07) is 1.09. The van der Waals surface area contributed by atoms with Crippen LogP contribution in [0.1, 0.15) is 0 Å². The van der Waals surface area contributed by atoms with Crippen LogP contribution in [0.4, 0.5) is 4.39 Å². The van der Waals surface area contributed by atoms with Gasteiger partial charge in [-0.05, 0) is 12.2 Å². The molecule has 3 heteroatoms. The average molecular weight is 89.1 g/mol. The van der Waals surface area contributed by atoms with Gasteiger partial charge < -0.3 is 0 Å². The van der Waals surface area contributed by atoms with Crippen LogP contribution >= 0.6 is 12.2 Å². The van der Waals surface area contributed by atoms with E-state index < -0.39 is 5.12 Å². The predicted octanol–water partition coefficient (Wildman–Crippen LogP) is 0.807. The minimum Gasteiger partial charge on any atom is -0.189 e. The Bertz CT molecular complexity index is 82.1. The second-order valence-corrected chi connectivity index (χ2v) is 0.744. The van der Waals surface area contributed by atoms with Crippen LogP contribution in [0, 0.1) is 11.3 Å². The Kier molecular flexibility index (Phi) is 1.62. The van der Waals surface area contributed by atoms with E-state index in [4.69, 9.17) is 5.26 Å². The highest BCUT2D eigenvalue weighted by Gasteiger charge is 1.76. The molecule has 0 aliphatic heterocycles. The standard InChI is InChI=1S/C2FNS/c3-2(5)1-4. The summed E-state index contributed by atoms with van der Waals surface area (Å²) in [7, 11) is 0. The van der Waals surface area contributed by atoms with E-state index in [1.54, 1.807) is 0 Å². The molecule has 0 fully saturated rings. The fraction of sp³-hybridized carbons (Fsp3) is 0. The molecule has 0 N–H and O–H groups in total. The van der Waals surface area contributed by atoms with Crippen LogP contribution in [0.5, 0.6) is 0 Å². The van der Waals surface area contributed by atoms with Crippen molar-refractivity contribution >= 4 is 17.3 Å². The lowest BCUT2D eigenvalue weighted by molar-refractivity contribution is 0.839. The number of hydrogen-bond donors (Lipinski definition) is 0. The SMILES string of the molecule is N#CC(F)=S. The topological polar surface area (TPSA) is 23.8 Å². The Balaban J connectivity index is 3.35. The highest BCUT2D eigenvalue weighted by atomic mass is 32.1. The van der Waals surface area contributed by atoms with E-state index >= 15 is 0 Å². The minimum absolute atomic E-state index is 1.09. The molecule has 0 radical (unpaired) electrons. The molecule has 0 rings (SSSR count). The van der Waals surface area contributed by atoms with Gasteiger partial charge in [0, 0.05) is 0 Å². The molecule has 0 bridgehead atoms. The fourth-order valence-corrected chi connectivity index (χ4v) is 0. The van der Waals surface area contributed by atoms with Gasteiger partial charge >= 0.3 is 0 Å². The first kappa shape index (κ1) is 4.51. The van der Waals surface area contributed by atoms with Gasteiger partial charge in [-0.1, -0.05) is 0 Å². The van der Waals surface area contributed by atoms with Gasteiger partial charge in [0.25, 0.3) is 5.12 Å². The highest BCUT2D eigenvalue weighted by Crippen LogP contribution is 1.68. The number of halogens is 1. The molecule has 1 nitrogen and oxygen atoms in total. The lowest BCUT2D eigenvalue weighted by atomic mass is 10.9. The molecule has 0 aromatic carbocycles. The van der Waals surface area contributed by atoms with Crippen molar-refractivity contribution in [2.24, 2.45) is 0 Å². The summed E-state index contributed by atoms with van der Waals surface area (Å²) in [5, 5.41) is 6.27. The van der Waals surface area contributed by atoms with Gasteiger partial charge in [-0.25, -0.2) is 0 Å². The predicted molar refractivity (Wildman–Crippen MR) is 19.3 cm³/mol. The van der Waals surface area contributed by atoms with E-state index in [0.717, 1.165) is 6.07 Å². The van der Waals surface area contributed by atoms with Gasteiger partial charge in [0.05, 0.1) is 0 Å². The highest BCUT2D eigenvalue weighted by molar-refractivity contribution is 7.80. The van der Waals surface area contributed by atoms with E-state index in [0.29, 0.717) is 0 Å². The maximum absolute atomic E-state index is 10.8. The summed E-state index contributed by atoms with van der Waals surface area (Å²) in [6.45, 7) is 0. The first-order valence-corrected chi connectivity index (χ1v) is 1.27. The molecule has 0 aromatic rings. The van der Waals surface area contributed by atoms with Crippen molar-refractivity contribution in [3.63, 3.8) is 0 Å². The molecule has 0 amide bonds. The van der Waals surface area contributed by atoms with Crippen molar-refractivity contribution in [1.82, 2.24) is 0 Å². The second-order valence-electron chi connectivity index (χ2n) is 0.386. The van der Waals surface area contributed by atoms with Crippen LogP contribution in [-0.4, -0.2) is 5.12 Å². The fourth-order valence-electron chi connectivity index (χ4n) is 0. The Morgan fingerprint density at radius 1 is 2.00 bits per heavy atom. The van der Waals surface area contributed by atoms with Gasteiger partial charge in [-0.15, -0.1) is 0 Å². The van der Waals surface area contributed by atoms with E-state index in [9.17, 15) is 4.39 Å². The number of nitriles is 1. The molecule has 0 aliphatic rings. The number of rotatable bonds is 0. The molecule has 0 atom stereocenters. The molecule has 0 unspecified atom stereocenters. The molecule has 0 spiro atoms. The summed E-state index contributed by atoms with van der Waals surface area (Å²) >= 11 is 3.67. The number of thiocarbonyl (C=S) groups is 1. The number of hydrogen-bond acceptors (Lipinski definition) is 2. The van der Waals surface area contributed by atoms with Crippen LogP contribution in [-0.2, 0) is 0 Å². The Morgan fingerprint density at radius 3 is 2.20 bits per heavy atom. The molecule has 0 saturated heterocycles. The Labute approximate surface area is 34.0 Å². The second kappa shape index (κ2) is 1.79. The molecule has 26 valence electrons. The molecule has 0 aliphatic carbocycles. The van der Waals surface area contributed by atoms with Crippen LogP contribution < -0.4 is 0 Å². The third-order valence-electron chi connectivity index (χ3n) is 0.0879. The Hall–Kier alpha value is -0.490. The van der Waals surface area contributed by atoms with Crippen LogP contribution in [0.25, 0.3) is 0 Å². The van der Waals surface area contributed by atoms with Gasteiger partial charge in [0.2, 0.25) is 0 Å². The van der Waals surface area contributed by atoms with Crippen LogP contribution in [0.15, 0.2) is 0 Å². The van der Waals surface area contributed by atoms with E-state index in [-0.39, 0.29) is 0 Å².